The van der Waals surface area contributed by atoms with Crippen LogP contribution in [0, 0.1) is 25.7 Å². The largest absolute Gasteiger partial charge is 0.480 e. The number of anilines is 1. The number of hydrogen-bond donors (Lipinski definition) is 2. The number of carbonyl (C=O) groups excluding carboxylic acids is 1. The maximum atomic E-state index is 12.4. The zero-order valence-electron chi connectivity index (χ0n) is 12.1. The van der Waals surface area contributed by atoms with Crippen molar-refractivity contribution in [1.29, 1.82) is 0 Å². The summed E-state index contributed by atoms with van der Waals surface area (Å²) >= 11 is 1.42. The van der Waals surface area contributed by atoms with E-state index >= 15 is 0 Å². The van der Waals surface area contributed by atoms with Gasteiger partial charge in [-0.3, -0.25) is 5.32 Å². The van der Waals surface area contributed by atoms with Crippen LogP contribution in [0.2, 0.25) is 0 Å². The van der Waals surface area contributed by atoms with E-state index < -0.39 is 12.0 Å². The van der Waals surface area contributed by atoms with Gasteiger partial charge < -0.3 is 10.0 Å². The number of amides is 2. The average molecular weight is 309 g/mol. The third-order valence-corrected chi connectivity index (χ3v) is 5.63. The molecule has 0 radical (unpaired) electrons. The van der Waals surface area contributed by atoms with E-state index in [1.54, 1.807) is 0 Å². The summed E-state index contributed by atoms with van der Waals surface area (Å²) in [4.78, 5) is 30.7. The van der Waals surface area contributed by atoms with Crippen LogP contribution in [-0.4, -0.2) is 39.6 Å². The Balaban J connectivity index is 1.75. The Bertz CT molecular complexity index is 567. The van der Waals surface area contributed by atoms with Crippen LogP contribution in [0.1, 0.15) is 29.8 Å². The predicted molar refractivity (Wildman–Crippen MR) is 79.6 cm³/mol. The lowest BCUT2D eigenvalue weighted by Crippen LogP contribution is -2.45. The molecule has 0 bridgehead atoms. The summed E-state index contributed by atoms with van der Waals surface area (Å²) in [6.07, 6.45) is 2.99. The van der Waals surface area contributed by atoms with Crippen molar-refractivity contribution >= 4 is 28.5 Å². The van der Waals surface area contributed by atoms with Crippen molar-refractivity contribution in [3.63, 3.8) is 0 Å². The van der Waals surface area contributed by atoms with Crippen LogP contribution in [0.5, 0.6) is 0 Å². The van der Waals surface area contributed by atoms with Gasteiger partial charge in [0, 0.05) is 11.4 Å². The van der Waals surface area contributed by atoms with E-state index in [1.165, 1.54) is 16.2 Å². The predicted octanol–water partition coefficient (Wildman–Crippen LogP) is 2.48. The van der Waals surface area contributed by atoms with Gasteiger partial charge >= 0.3 is 12.0 Å². The number of thiazole rings is 1. The summed E-state index contributed by atoms with van der Waals surface area (Å²) in [6, 6.07) is -1.04. The van der Waals surface area contributed by atoms with Crippen molar-refractivity contribution < 1.29 is 14.7 Å². The number of likely N-dealkylation sites (tertiary alicyclic amines) is 1. The van der Waals surface area contributed by atoms with Gasteiger partial charge in [-0.1, -0.05) is 6.42 Å². The Hall–Kier alpha value is -1.63. The minimum atomic E-state index is -0.897. The summed E-state index contributed by atoms with van der Waals surface area (Å²) in [6.45, 7) is 4.38. The molecule has 0 aromatic carbocycles. The van der Waals surface area contributed by atoms with Gasteiger partial charge in [0.05, 0.1) is 5.69 Å². The number of carboxylic acids is 1. The van der Waals surface area contributed by atoms with Gasteiger partial charge in [0.25, 0.3) is 0 Å². The van der Waals surface area contributed by atoms with E-state index in [0.29, 0.717) is 17.6 Å². The molecule has 1 aliphatic heterocycles. The Morgan fingerprint density at radius 2 is 2.14 bits per heavy atom. The lowest BCUT2D eigenvalue weighted by Gasteiger charge is -2.24. The number of nitrogens with zero attached hydrogens (tertiary/aromatic N) is 2. The van der Waals surface area contributed by atoms with Crippen LogP contribution in [0.4, 0.5) is 9.93 Å². The molecule has 2 aliphatic rings. The smallest absolute Gasteiger partial charge is 0.326 e. The van der Waals surface area contributed by atoms with Gasteiger partial charge in [-0.15, -0.1) is 11.3 Å². The van der Waals surface area contributed by atoms with Gasteiger partial charge in [-0.05, 0) is 38.5 Å². The number of rotatable bonds is 2. The Labute approximate surface area is 127 Å². The summed E-state index contributed by atoms with van der Waals surface area (Å²) in [5, 5.41) is 12.7. The molecule has 114 valence electrons. The first-order valence-corrected chi connectivity index (χ1v) is 8.03. The van der Waals surface area contributed by atoms with Gasteiger partial charge in [0.15, 0.2) is 5.13 Å². The molecule has 1 aromatic rings. The lowest BCUT2D eigenvalue weighted by atomic mass is 9.94. The zero-order chi connectivity index (χ0) is 15.1. The molecule has 3 rings (SSSR count). The van der Waals surface area contributed by atoms with E-state index in [2.05, 4.69) is 10.3 Å². The van der Waals surface area contributed by atoms with Crippen molar-refractivity contribution in [2.45, 2.75) is 39.2 Å². The highest BCUT2D eigenvalue weighted by Crippen LogP contribution is 2.42. The fraction of sp³-hybridized carbons (Fsp3) is 0.643. The number of carbonyl (C=O) groups is 2. The fourth-order valence-electron chi connectivity index (χ4n) is 3.52. The highest BCUT2D eigenvalue weighted by atomic mass is 32.1. The molecule has 2 amide bonds. The molecule has 1 saturated heterocycles. The molecule has 1 saturated carbocycles. The third-order valence-electron chi connectivity index (χ3n) is 4.65. The molecule has 3 atom stereocenters. The average Bonchev–Trinajstić information content (AvgIpc) is 3.03. The van der Waals surface area contributed by atoms with Crippen LogP contribution in [0.25, 0.3) is 0 Å². The SMILES string of the molecule is Cc1nc(NC(=O)N2CC3CCCC3C2C(=O)O)sc1C. The monoisotopic (exact) mass is 309 g/mol. The maximum Gasteiger partial charge on any atom is 0.326 e. The second-order valence-corrected chi connectivity index (χ2v) is 7.08. The van der Waals surface area contributed by atoms with Gasteiger partial charge in [0.2, 0.25) is 0 Å². The normalized spacial score (nSPS) is 27.7. The number of hydrogen-bond acceptors (Lipinski definition) is 4. The Morgan fingerprint density at radius 3 is 2.76 bits per heavy atom. The number of fused-ring (bicyclic) bond motifs is 1. The van der Waals surface area contributed by atoms with Gasteiger partial charge in [-0.25, -0.2) is 14.6 Å². The van der Waals surface area contributed by atoms with E-state index in [-0.39, 0.29) is 11.9 Å². The number of aromatic nitrogens is 1. The molecule has 1 aromatic heterocycles. The molecule has 2 fully saturated rings. The van der Waals surface area contributed by atoms with E-state index in [4.69, 9.17) is 0 Å². The van der Waals surface area contributed by atoms with Crippen molar-refractivity contribution in [1.82, 2.24) is 9.88 Å². The topological polar surface area (TPSA) is 82.5 Å². The highest BCUT2D eigenvalue weighted by molar-refractivity contribution is 7.15. The van der Waals surface area contributed by atoms with Crippen molar-refractivity contribution in [2.75, 3.05) is 11.9 Å². The second-order valence-electron chi connectivity index (χ2n) is 5.88. The van der Waals surface area contributed by atoms with Crippen LogP contribution in [-0.2, 0) is 4.79 Å². The number of aryl methyl sites for hydroxylation is 2. The fourth-order valence-corrected chi connectivity index (χ4v) is 4.32. The van der Waals surface area contributed by atoms with E-state index in [1.807, 2.05) is 13.8 Å². The number of carboxylic acid groups (broad SMARTS) is 1. The minimum absolute atomic E-state index is 0.105. The third kappa shape index (κ3) is 2.50. The molecule has 1 aliphatic carbocycles. The second kappa shape index (κ2) is 5.29. The first-order valence-electron chi connectivity index (χ1n) is 7.22. The molecular weight excluding hydrogens is 290 g/mol. The van der Waals surface area contributed by atoms with E-state index in [0.717, 1.165) is 29.8 Å². The maximum absolute atomic E-state index is 12.4. The quantitative estimate of drug-likeness (QED) is 0.879. The molecule has 2 heterocycles. The van der Waals surface area contributed by atoms with Crippen LogP contribution >= 0.6 is 11.3 Å². The summed E-state index contributed by atoms with van der Waals surface area (Å²) in [5.74, 6) is -0.462. The van der Waals surface area contributed by atoms with Gasteiger partial charge in [0.1, 0.15) is 6.04 Å². The van der Waals surface area contributed by atoms with E-state index in [9.17, 15) is 14.7 Å². The number of urea groups is 1. The van der Waals surface area contributed by atoms with Crippen molar-refractivity contribution in [2.24, 2.45) is 11.8 Å². The molecule has 6 nitrogen and oxygen atoms in total. The van der Waals surface area contributed by atoms with Crippen molar-refractivity contribution in [3.05, 3.63) is 10.6 Å². The Kier molecular flexibility index (Phi) is 3.61. The number of aliphatic carboxylic acids is 1. The molecule has 2 N–H and O–H groups in total. The summed E-state index contributed by atoms with van der Waals surface area (Å²) < 4.78 is 0. The molecule has 7 heteroatoms. The lowest BCUT2D eigenvalue weighted by molar-refractivity contribution is -0.142. The van der Waals surface area contributed by atoms with Gasteiger partial charge in [-0.2, -0.15) is 0 Å². The molecular formula is C14H19N3O3S. The first kappa shape index (κ1) is 14.3. The number of nitrogens with one attached hydrogen (secondary N) is 1. The standard InChI is InChI=1S/C14H19N3O3S/c1-7-8(2)21-13(15-7)16-14(20)17-6-9-4-3-5-10(9)11(17)12(18)19/h9-11H,3-6H2,1-2H3,(H,18,19)(H,15,16,20). The minimum Gasteiger partial charge on any atom is -0.480 e. The molecule has 3 unspecified atom stereocenters. The Morgan fingerprint density at radius 1 is 1.38 bits per heavy atom. The molecule has 21 heavy (non-hydrogen) atoms. The zero-order valence-corrected chi connectivity index (χ0v) is 12.9. The van der Waals surface area contributed by atoms with Crippen LogP contribution < -0.4 is 5.32 Å². The summed E-state index contributed by atoms with van der Waals surface area (Å²) in [5.41, 5.74) is 0.892. The molecule has 0 spiro atoms. The summed E-state index contributed by atoms with van der Waals surface area (Å²) in [7, 11) is 0. The highest BCUT2D eigenvalue weighted by Gasteiger charge is 2.49. The van der Waals surface area contributed by atoms with Crippen LogP contribution in [0.15, 0.2) is 0 Å². The first-order chi connectivity index (χ1) is 9.97. The van der Waals surface area contributed by atoms with Crippen LogP contribution in [0.3, 0.4) is 0 Å². The van der Waals surface area contributed by atoms with Crippen molar-refractivity contribution in [3.8, 4) is 0 Å².